The molecule has 128 valence electrons. The van der Waals surface area contributed by atoms with Crippen LogP contribution < -0.4 is 4.72 Å². The van der Waals surface area contributed by atoms with E-state index in [1.54, 1.807) is 16.7 Å². The highest BCUT2D eigenvalue weighted by Gasteiger charge is 2.28. The maximum absolute atomic E-state index is 11.8. The lowest BCUT2D eigenvalue weighted by molar-refractivity contribution is -0.131. The third-order valence-corrected chi connectivity index (χ3v) is 4.28. The molecule has 0 unspecified atom stereocenters. The molecular weight excluding hydrogens is 310 g/mol. The number of nitrogens with zero attached hydrogens (tertiary/aromatic N) is 2. The van der Waals surface area contributed by atoms with E-state index in [4.69, 9.17) is 4.74 Å². The Hall–Kier alpha value is -1.35. The molecule has 2 amide bonds. The van der Waals surface area contributed by atoms with Gasteiger partial charge in [-0.05, 0) is 19.8 Å². The number of amides is 2. The summed E-state index contributed by atoms with van der Waals surface area (Å²) < 4.78 is 29.5. The Labute approximate surface area is 131 Å². The lowest BCUT2D eigenvalue weighted by atomic mass is 10.0. The van der Waals surface area contributed by atoms with Crippen molar-refractivity contribution < 1.29 is 22.7 Å². The fourth-order valence-corrected chi connectivity index (χ4v) is 2.99. The maximum atomic E-state index is 11.8. The minimum Gasteiger partial charge on any atom is -0.450 e. The van der Waals surface area contributed by atoms with Crippen molar-refractivity contribution in [3.05, 3.63) is 0 Å². The number of carbonyl (C=O) groups excluding carboxylic acids is 2. The average molecular weight is 335 g/mol. The smallest absolute Gasteiger partial charge is 0.409 e. The van der Waals surface area contributed by atoms with Crippen LogP contribution in [0.1, 0.15) is 26.7 Å². The maximum Gasteiger partial charge on any atom is 0.409 e. The highest BCUT2D eigenvalue weighted by molar-refractivity contribution is 7.88. The zero-order valence-electron chi connectivity index (χ0n) is 13.4. The summed E-state index contributed by atoms with van der Waals surface area (Å²) in [5.74, 6) is -0.0927. The summed E-state index contributed by atoms with van der Waals surface area (Å²) in [4.78, 5) is 26.7. The topological polar surface area (TPSA) is 96.0 Å². The van der Waals surface area contributed by atoms with Crippen LogP contribution in [0.4, 0.5) is 4.79 Å². The van der Waals surface area contributed by atoms with Gasteiger partial charge < -0.3 is 14.5 Å². The lowest BCUT2D eigenvalue weighted by Gasteiger charge is -2.37. The Kier molecular flexibility index (Phi) is 7.08. The molecule has 1 aliphatic heterocycles. The van der Waals surface area contributed by atoms with E-state index >= 15 is 0 Å². The van der Waals surface area contributed by atoms with Gasteiger partial charge in [-0.3, -0.25) is 4.79 Å². The van der Waals surface area contributed by atoms with Crippen LogP contribution in [0.2, 0.25) is 0 Å². The van der Waals surface area contributed by atoms with Gasteiger partial charge in [-0.15, -0.1) is 0 Å². The van der Waals surface area contributed by atoms with Crippen molar-refractivity contribution in [2.75, 3.05) is 39.0 Å². The third kappa shape index (κ3) is 6.18. The molecule has 0 saturated carbocycles. The normalized spacial score (nSPS) is 16.4. The molecule has 1 saturated heterocycles. The van der Waals surface area contributed by atoms with E-state index < -0.39 is 10.0 Å². The largest absolute Gasteiger partial charge is 0.450 e. The van der Waals surface area contributed by atoms with Crippen molar-refractivity contribution in [2.45, 2.75) is 32.7 Å². The Morgan fingerprint density at radius 3 is 2.36 bits per heavy atom. The number of carbonyl (C=O) groups is 2. The van der Waals surface area contributed by atoms with Gasteiger partial charge in [0.15, 0.2) is 0 Å². The first kappa shape index (κ1) is 18.7. The minimum absolute atomic E-state index is 0.0181. The number of likely N-dealkylation sites (tertiary alicyclic amines) is 1. The SMILES string of the molecule is CCOC(=O)N1CCC(N(CCNS(C)(=O)=O)C(C)=O)CC1. The number of ether oxygens (including phenoxy) is 1. The fraction of sp³-hybridized carbons (Fsp3) is 0.846. The quantitative estimate of drug-likeness (QED) is 0.737. The van der Waals surface area contributed by atoms with Crippen LogP contribution in [0.25, 0.3) is 0 Å². The molecule has 8 nitrogen and oxygen atoms in total. The zero-order valence-corrected chi connectivity index (χ0v) is 14.2. The number of hydrogen-bond donors (Lipinski definition) is 1. The Balaban J connectivity index is 2.50. The minimum atomic E-state index is -3.26. The molecule has 1 rings (SSSR count). The number of hydrogen-bond acceptors (Lipinski definition) is 5. The van der Waals surface area contributed by atoms with Crippen LogP contribution in [-0.2, 0) is 19.6 Å². The summed E-state index contributed by atoms with van der Waals surface area (Å²) in [7, 11) is -3.26. The van der Waals surface area contributed by atoms with Gasteiger partial charge in [0.2, 0.25) is 15.9 Å². The van der Waals surface area contributed by atoms with Gasteiger partial charge in [0, 0.05) is 39.1 Å². The van der Waals surface area contributed by atoms with Gasteiger partial charge in [-0.2, -0.15) is 0 Å². The lowest BCUT2D eigenvalue weighted by Crippen LogP contribution is -2.50. The van der Waals surface area contributed by atoms with E-state index in [2.05, 4.69) is 4.72 Å². The standard InChI is InChI=1S/C13H25N3O5S/c1-4-21-13(18)15-8-5-12(6-9-15)16(11(2)17)10-7-14-22(3,19)20/h12,14H,4-10H2,1-3H3. The molecule has 1 N–H and O–H groups in total. The molecule has 0 aromatic heterocycles. The predicted molar refractivity (Wildman–Crippen MR) is 81.9 cm³/mol. The van der Waals surface area contributed by atoms with E-state index in [1.165, 1.54) is 6.92 Å². The van der Waals surface area contributed by atoms with E-state index in [0.29, 0.717) is 39.1 Å². The molecule has 0 radical (unpaired) electrons. The molecule has 0 aliphatic carbocycles. The highest BCUT2D eigenvalue weighted by atomic mass is 32.2. The number of rotatable bonds is 6. The van der Waals surface area contributed by atoms with Crippen molar-refractivity contribution in [2.24, 2.45) is 0 Å². The summed E-state index contributed by atoms with van der Waals surface area (Å²) in [6, 6.07) is 0.0181. The van der Waals surface area contributed by atoms with Gasteiger partial charge in [0.25, 0.3) is 0 Å². The first-order valence-electron chi connectivity index (χ1n) is 7.38. The van der Waals surface area contributed by atoms with Crippen molar-refractivity contribution >= 4 is 22.0 Å². The van der Waals surface area contributed by atoms with Crippen LogP contribution in [0.3, 0.4) is 0 Å². The molecule has 0 spiro atoms. The third-order valence-electron chi connectivity index (χ3n) is 3.55. The number of nitrogens with one attached hydrogen (secondary N) is 1. The molecule has 22 heavy (non-hydrogen) atoms. The van der Waals surface area contributed by atoms with E-state index in [-0.39, 0.29) is 24.6 Å². The molecule has 0 aromatic carbocycles. The van der Waals surface area contributed by atoms with Crippen LogP contribution >= 0.6 is 0 Å². The zero-order chi connectivity index (χ0) is 16.8. The first-order valence-corrected chi connectivity index (χ1v) is 9.27. The summed E-state index contributed by atoms with van der Waals surface area (Å²) in [5, 5.41) is 0. The second-order valence-electron chi connectivity index (χ2n) is 5.30. The molecule has 1 aliphatic rings. The summed E-state index contributed by atoms with van der Waals surface area (Å²) >= 11 is 0. The second-order valence-corrected chi connectivity index (χ2v) is 7.13. The summed E-state index contributed by atoms with van der Waals surface area (Å²) in [6.45, 7) is 5.16. The van der Waals surface area contributed by atoms with Crippen molar-refractivity contribution in [1.82, 2.24) is 14.5 Å². The molecule has 0 aromatic rings. The fourth-order valence-electron chi connectivity index (χ4n) is 2.52. The average Bonchev–Trinajstić information content (AvgIpc) is 2.42. The van der Waals surface area contributed by atoms with Gasteiger partial charge in [0.05, 0.1) is 12.9 Å². The van der Waals surface area contributed by atoms with Crippen LogP contribution in [-0.4, -0.2) is 75.3 Å². The number of piperidine rings is 1. The van der Waals surface area contributed by atoms with Gasteiger partial charge in [0.1, 0.15) is 0 Å². The first-order chi connectivity index (χ1) is 10.2. The monoisotopic (exact) mass is 335 g/mol. The Morgan fingerprint density at radius 1 is 1.32 bits per heavy atom. The molecule has 0 atom stereocenters. The number of sulfonamides is 1. The summed E-state index contributed by atoms with van der Waals surface area (Å²) in [6.07, 6.45) is 2.09. The highest BCUT2D eigenvalue weighted by Crippen LogP contribution is 2.17. The molecule has 1 heterocycles. The molecule has 9 heteroatoms. The van der Waals surface area contributed by atoms with E-state index in [9.17, 15) is 18.0 Å². The van der Waals surface area contributed by atoms with Crippen molar-refractivity contribution in [3.8, 4) is 0 Å². The summed E-state index contributed by atoms with van der Waals surface area (Å²) in [5.41, 5.74) is 0. The van der Waals surface area contributed by atoms with Crippen molar-refractivity contribution in [3.63, 3.8) is 0 Å². The molecular formula is C13H25N3O5S. The van der Waals surface area contributed by atoms with Gasteiger partial charge >= 0.3 is 6.09 Å². The van der Waals surface area contributed by atoms with Crippen molar-refractivity contribution in [1.29, 1.82) is 0 Å². The second kappa shape index (κ2) is 8.33. The van der Waals surface area contributed by atoms with Crippen LogP contribution in [0.15, 0.2) is 0 Å². The van der Waals surface area contributed by atoms with Gasteiger partial charge in [-0.1, -0.05) is 0 Å². The Bertz CT molecular complexity index is 486. The van der Waals surface area contributed by atoms with E-state index in [1.807, 2.05) is 0 Å². The van der Waals surface area contributed by atoms with E-state index in [0.717, 1.165) is 6.26 Å². The van der Waals surface area contributed by atoms with Crippen LogP contribution in [0.5, 0.6) is 0 Å². The van der Waals surface area contributed by atoms with Gasteiger partial charge in [-0.25, -0.2) is 17.9 Å². The predicted octanol–water partition coefficient (Wildman–Crippen LogP) is 0.00500. The van der Waals surface area contributed by atoms with Crippen LogP contribution in [0, 0.1) is 0 Å². The Morgan fingerprint density at radius 2 is 1.91 bits per heavy atom. The molecule has 1 fully saturated rings. The molecule has 0 bridgehead atoms.